The topological polar surface area (TPSA) is 81.1 Å². The molecule has 0 spiro atoms. The number of rotatable bonds is 4. The molecule has 0 radical (unpaired) electrons. The van der Waals surface area contributed by atoms with Gasteiger partial charge in [0.25, 0.3) is 0 Å². The second-order valence-electron chi connectivity index (χ2n) is 4.05. The second kappa shape index (κ2) is 7.46. The summed E-state index contributed by atoms with van der Waals surface area (Å²) in [4.78, 5) is 8.12. The summed E-state index contributed by atoms with van der Waals surface area (Å²) in [6.07, 6.45) is 8.20. The van der Waals surface area contributed by atoms with Crippen LogP contribution in [0.15, 0.2) is 17.6 Å². The molecule has 0 atom stereocenters. The van der Waals surface area contributed by atoms with E-state index in [4.69, 9.17) is 5.73 Å². The maximum Gasteiger partial charge on any atom is 0.188 e. The van der Waals surface area contributed by atoms with E-state index in [1.54, 1.807) is 11.0 Å². The molecular formula is C10H19IN6. The third-order valence-electron chi connectivity index (χ3n) is 2.79. The Morgan fingerprint density at radius 3 is 2.88 bits per heavy atom. The zero-order valence-corrected chi connectivity index (χ0v) is 12.1. The van der Waals surface area contributed by atoms with Crippen molar-refractivity contribution in [3.05, 3.63) is 12.7 Å². The normalized spacial score (nSPS) is 16.8. The van der Waals surface area contributed by atoms with Crippen molar-refractivity contribution in [2.24, 2.45) is 10.7 Å². The van der Waals surface area contributed by atoms with Gasteiger partial charge in [-0.25, -0.2) is 4.98 Å². The van der Waals surface area contributed by atoms with Gasteiger partial charge in [-0.3, -0.25) is 9.67 Å². The van der Waals surface area contributed by atoms with E-state index < -0.39 is 0 Å². The molecule has 7 heteroatoms. The number of nitrogens with one attached hydrogen (secondary N) is 1. The van der Waals surface area contributed by atoms with Crippen LogP contribution in [0.5, 0.6) is 0 Å². The molecule has 17 heavy (non-hydrogen) atoms. The molecule has 1 aliphatic rings. The zero-order chi connectivity index (χ0) is 11.2. The molecule has 1 aliphatic carbocycles. The first-order valence-electron chi connectivity index (χ1n) is 5.73. The van der Waals surface area contributed by atoms with Crippen molar-refractivity contribution in [2.45, 2.75) is 38.3 Å². The summed E-state index contributed by atoms with van der Waals surface area (Å²) in [7, 11) is 0. The predicted octanol–water partition coefficient (Wildman–Crippen LogP) is 0.743. The smallest absolute Gasteiger partial charge is 0.188 e. The van der Waals surface area contributed by atoms with Gasteiger partial charge in [0.05, 0.1) is 13.1 Å². The van der Waals surface area contributed by atoms with E-state index in [1.165, 1.54) is 32.0 Å². The highest BCUT2D eigenvalue weighted by Gasteiger charge is 2.14. The largest absolute Gasteiger partial charge is 0.370 e. The number of nitrogens with two attached hydrogens (primary N) is 1. The second-order valence-corrected chi connectivity index (χ2v) is 4.05. The number of nitrogens with zero attached hydrogens (tertiary/aromatic N) is 4. The van der Waals surface area contributed by atoms with E-state index in [0.29, 0.717) is 25.1 Å². The Balaban J connectivity index is 0.00000144. The predicted molar refractivity (Wildman–Crippen MR) is 77.3 cm³/mol. The molecule has 1 fully saturated rings. The molecule has 0 bridgehead atoms. The van der Waals surface area contributed by atoms with Crippen molar-refractivity contribution in [3.63, 3.8) is 0 Å². The van der Waals surface area contributed by atoms with Gasteiger partial charge in [0.15, 0.2) is 5.96 Å². The molecule has 6 nitrogen and oxygen atoms in total. The molecule has 1 heterocycles. The van der Waals surface area contributed by atoms with Gasteiger partial charge in [-0.15, -0.1) is 24.0 Å². The fourth-order valence-corrected chi connectivity index (χ4v) is 1.95. The van der Waals surface area contributed by atoms with Crippen LogP contribution in [-0.2, 0) is 6.54 Å². The number of halogens is 1. The molecule has 0 aromatic carbocycles. The van der Waals surface area contributed by atoms with Gasteiger partial charge in [0.1, 0.15) is 12.7 Å². The van der Waals surface area contributed by atoms with Crippen LogP contribution in [0.25, 0.3) is 0 Å². The Hall–Kier alpha value is -0.860. The molecule has 96 valence electrons. The van der Waals surface area contributed by atoms with E-state index in [9.17, 15) is 0 Å². The van der Waals surface area contributed by atoms with Crippen molar-refractivity contribution in [2.75, 3.05) is 6.54 Å². The summed E-state index contributed by atoms with van der Waals surface area (Å²) >= 11 is 0. The quantitative estimate of drug-likeness (QED) is 0.477. The highest BCUT2D eigenvalue weighted by atomic mass is 127. The highest BCUT2D eigenvalue weighted by Crippen LogP contribution is 2.17. The molecule has 0 aliphatic heterocycles. The Morgan fingerprint density at radius 2 is 2.24 bits per heavy atom. The van der Waals surface area contributed by atoms with Gasteiger partial charge in [-0.05, 0) is 12.8 Å². The lowest BCUT2D eigenvalue weighted by atomic mass is 10.2. The summed E-state index contributed by atoms with van der Waals surface area (Å²) in [5, 5.41) is 7.23. The third-order valence-corrected chi connectivity index (χ3v) is 2.79. The van der Waals surface area contributed by atoms with Crippen molar-refractivity contribution >= 4 is 29.9 Å². The SMILES string of the molecule is I.NC(=NCCn1cncn1)NC1CCCC1. The summed E-state index contributed by atoms with van der Waals surface area (Å²) < 4.78 is 1.74. The lowest BCUT2D eigenvalue weighted by molar-refractivity contribution is 0.607. The molecular weight excluding hydrogens is 331 g/mol. The minimum absolute atomic E-state index is 0. The highest BCUT2D eigenvalue weighted by molar-refractivity contribution is 14.0. The summed E-state index contributed by atoms with van der Waals surface area (Å²) in [6, 6.07) is 0.523. The Kier molecular flexibility index (Phi) is 6.23. The van der Waals surface area contributed by atoms with Crippen LogP contribution < -0.4 is 11.1 Å². The molecule has 1 aromatic heterocycles. The van der Waals surface area contributed by atoms with E-state index in [-0.39, 0.29) is 24.0 Å². The van der Waals surface area contributed by atoms with Crippen LogP contribution in [0.1, 0.15) is 25.7 Å². The first kappa shape index (κ1) is 14.2. The molecule has 1 saturated carbocycles. The minimum atomic E-state index is 0. The number of guanidine groups is 1. The first-order valence-corrected chi connectivity index (χ1v) is 5.73. The molecule has 0 unspecified atom stereocenters. The van der Waals surface area contributed by atoms with Crippen LogP contribution in [0.3, 0.4) is 0 Å². The van der Waals surface area contributed by atoms with E-state index in [2.05, 4.69) is 20.4 Å². The van der Waals surface area contributed by atoms with Crippen molar-refractivity contribution in [1.82, 2.24) is 20.1 Å². The first-order chi connectivity index (χ1) is 7.84. The fraction of sp³-hybridized carbons (Fsp3) is 0.700. The van der Waals surface area contributed by atoms with Gasteiger partial charge < -0.3 is 11.1 Å². The van der Waals surface area contributed by atoms with E-state index in [0.717, 1.165) is 0 Å². The number of aliphatic imine (C=N–C) groups is 1. The lowest BCUT2D eigenvalue weighted by Crippen LogP contribution is -2.38. The molecule has 3 N–H and O–H groups in total. The average Bonchev–Trinajstić information content (AvgIpc) is 2.90. The summed E-state index contributed by atoms with van der Waals surface area (Å²) in [6.45, 7) is 1.35. The van der Waals surface area contributed by atoms with Gasteiger partial charge in [-0.1, -0.05) is 12.8 Å². The Morgan fingerprint density at radius 1 is 1.47 bits per heavy atom. The zero-order valence-electron chi connectivity index (χ0n) is 9.75. The van der Waals surface area contributed by atoms with Gasteiger partial charge in [-0.2, -0.15) is 5.10 Å². The third kappa shape index (κ3) is 4.88. The summed E-state index contributed by atoms with van der Waals surface area (Å²) in [5.41, 5.74) is 5.79. The van der Waals surface area contributed by atoms with Crippen molar-refractivity contribution in [3.8, 4) is 0 Å². The molecule has 1 aromatic rings. The van der Waals surface area contributed by atoms with Crippen molar-refractivity contribution < 1.29 is 0 Å². The molecule has 0 amide bonds. The fourth-order valence-electron chi connectivity index (χ4n) is 1.95. The minimum Gasteiger partial charge on any atom is -0.370 e. The molecule has 2 rings (SSSR count). The van der Waals surface area contributed by atoms with Gasteiger partial charge in [0.2, 0.25) is 0 Å². The molecule has 0 saturated heterocycles. The number of aromatic nitrogens is 3. The Labute approximate surface area is 118 Å². The maximum atomic E-state index is 5.79. The van der Waals surface area contributed by atoms with Crippen LogP contribution in [-0.4, -0.2) is 33.3 Å². The van der Waals surface area contributed by atoms with Crippen LogP contribution in [0.2, 0.25) is 0 Å². The Bertz CT molecular complexity index is 331. The number of hydrogen-bond donors (Lipinski definition) is 2. The monoisotopic (exact) mass is 350 g/mol. The van der Waals surface area contributed by atoms with Crippen LogP contribution >= 0.6 is 24.0 Å². The van der Waals surface area contributed by atoms with Crippen LogP contribution in [0, 0.1) is 0 Å². The lowest BCUT2D eigenvalue weighted by Gasteiger charge is -2.12. The van der Waals surface area contributed by atoms with Gasteiger partial charge >= 0.3 is 0 Å². The van der Waals surface area contributed by atoms with E-state index in [1.807, 2.05) is 0 Å². The van der Waals surface area contributed by atoms with Crippen LogP contribution in [0.4, 0.5) is 0 Å². The standard InChI is InChI=1S/C10H18N6.HI/c11-10(15-9-3-1-2-4-9)13-5-6-16-8-12-7-14-16;/h7-9H,1-6H2,(H3,11,13,15);1H. The van der Waals surface area contributed by atoms with Crippen molar-refractivity contribution in [1.29, 1.82) is 0 Å². The van der Waals surface area contributed by atoms with E-state index >= 15 is 0 Å². The number of hydrogen-bond acceptors (Lipinski definition) is 3. The average molecular weight is 350 g/mol. The summed E-state index contributed by atoms with van der Waals surface area (Å²) in [5.74, 6) is 0.548. The maximum absolute atomic E-state index is 5.79. The van der Waals surface area contributed by atoms with Gasteiger partial charge in [0, 0.05) is 6.04 Å².